The second-order valence-corrected chi connectivity index (χ2v) is 16.8. The summed E-state index contributed by atoms with van der Waals surface area (Å²) in [5.74, 6) is -2.41. The van der Waals surface area contributed by atoms with Crippen LogP contribution in [-0.4, -0.2) is 75.6 Å². The molecule has 3 aliphatic rings. The number of hydrogen-bond donors (Lipinski definition) is 1. The Morgan fingerprint density at radius 1 is 1.06 bits per heavy atom. The number of fused-ring (bicyclic) bond motifs is 3. The summed E-state index contributed by atoms with van der Waals surface area (Å²) >= 11 is 0. The molecule has 51 heavy (non-hydrogen) atoms. The van der Waals surface area contributed by atoms with E-state index in [9.17, 15) is 31.2 Å². The molecule has 3 amide bonds. The van der Waals surface area contributed by atoms with Gasteiger partial charge in [0.15, 0.2) is 11.6 Å². The zero-order valence-corrected chi connectivity index (χ0v) is 30.0. The Labute approximate surface area is 297 Å². The summed E-state index contributed by atoms with van der Waals surface area (Å²) in [6.45, 7) is 9.20. The molecule has 2 heterocycles. The smallest absolute Gasteiger partial charge is 0.317 e. The van der Waals surface area contributed by atoms with E-state index in [-0.39, 0.29) is 23.9 Å². The molecule has 1 fully saturated rings. The van der Waals surface area contributed by atoms with Crippen LogP contribution in [0.1, 0.15) is 55.8 Å². The van der Waals surface area contributed by atoms with Gasteiger partial charge in [0.1, 0.15) is 27.0 Å². The molecule has 3 aromatic carbocycles. The average Bonchev–Trinajstić information content (AvgIpc) is 3.34. The van der Waals surface area contributed by atoms with E-state index in [4.69, 9.17) is 4.74 Å². The summed E-state index contributed by atoms with van der Waals surface area (Å²) in [6.07, 6.45) is 4.24. The molecule has 3 aromatic rings. The van der Waals surface area contributed by atoms with E-state index in [1.54, 1.807) is 17.0 Å². The van der Waals surface area contributed by atoms with Gasteiger partial charge in [-0.2, -0.15) is 0 Å². The van der Waals surface area contributed by atoms with Gasteiger partial charge in [-0.3, -0.25) is 4.79 Å². The van der Waals surface area contributed by atoms with Gasteiger partial charge in [-0.05, 0) is 98.7 Å². The lowest BCUT2D eigenvalue weighted by Crippen LogP contribution is -2.49. The molecule has 13 heteroatoms. The highest BCUT2D eigenvalue weighted by Gasteiger charge is 2.47. The zero-order chi connectivity index (χ0) is 36.9. The number of nitrogens with zero attached hydrogens (tertiary/aromatic N) is 3. The third-order valence-corrected chi connectivity index (χ3v) is 11.3. The van der Waals surface area contributed by atoms with Crippen LogP contribution in [-0.2, 0) is 26.5 Å². The standard InChI is InChI=1S/C38H43F3N4O5S/c1-6-35(46)45-23-37(2,3)50-34-20-26(9-12-33(34)45)44-15-13-38(14-16-44)21-32(28-10-8-25(39)19-29(28)38)42-36(47)43(4)27(22-51(5,48)49)17-24-7-11-30(40)31(41)18-24/h6-12,18-20,27,32H,1,13-17,21-23H2,2-5H3,(H,42,47)/t27-,32-/m1/s1. The van der Waals surface area contributed by atoms with E-state index in [2.05, 4.69) is 16.8 Å². The number of halogens is 3. The van der Waals surface area contributed by atoms with Crippen molar-refractivity contribution in [2.45, 2.75) is 62.6 Å². The number of urea groups is 1. The van der Waals surface area contributed by atoms with E-state index >= 15 is 0 Å². The van der Waals surface area contributed by atoms with Gasteiger partial charge in [-0.25, -0.2) is 26.4 Å². The van der Waals surface area contributed by atoms with Gasteiger partial charge in [0, 0.05) is 43.6 Å². The van der Waals surface area contributed by atoms with Crippen molar-refractivity contribution in [3.8, 4) is 5.75 Å². The SMILES string of the molecule is C=CC(=O)N1CC(C)(C)Oc2cc(N3CCC4(CC3)C[C@@H](NC(=O)N(C)[C@H](Cc3ccc(F)c(F)c3)CS(C)(=O)=O)c3ccc(F)cc34)ccc21. The number of benzene rings is 3. The molecule has 1 saturated heterocycles. The molecular formula is C38H43F3N4O5S. The highest BCUT2D eigenvalue weighted by atomic mass is 32.2. The van der Waals surface area contributed by atoms with Gasteiger partial charge in [-0.15, -0.1) is 0 Å². The molecule has 0 bridgehead atoms. The minimum absolute atomic E-state index is 0.00570. The summed E-state index contributed by atoms with van der Waals surface area (Å²) in [5.41, 5.74) is 2.62. The van der Waals surface area contributed by atoms with Crippen LogP contribution in [0, 0.1) is 17.5 Å². The number of carbonyl (C=O) groups excluding carboxylic acids is 2. The molecule has 1 spiro atoms. The third kappa shape index (κ3) is 7.58. The molecular weight excluding hydrogens is 682 g/mol. The van der Waals surface area contributed by atoms with E-state index < -0.39 is 50.6 Å². The van der Waals surface area contributed by atoms with Gasteiger partial charge < -0.3 is 24.8 Å². The average molecular weight is 725 g/mol. The van der Waals surface area contributed by atoms with Gasteiger partial charge in [0.25, 0.3) is 5.91 Å². The summed E-state index contributed by atoms with van der Waals surface area (Å²) in [7, 11) is -2.07. The van der Waals surface area contributed by atoms with Gasteiger partial charge in [-0.1, -0.05) is 18.7 Å². The fraction of sp³-hybridized carbons (Fsp3) is 0.421. The predicted octanol–water partition coefficient (Wildman–Crippen LogP) is 6.07. The molecule has 2 aliphatic heterocycles. The quantitative estimate of drug-likeness (QED) is 0.283. The first kappa shape index (κ1) is 36.3. The number of rotatable bonds is 8. The summed E-state index contributed by atoms with van der Waals surface area (Å²) in [5, 5.41) is 3.07. The van der Waals surface area contributed by atoms with Crippen molar-refractivity contribution in [3.63, 3.8) is 0 Å². The number of nitrogens with one attached hydrogen (secondary N) is 1. The normalized spacial score (nSPS) is 19.5. The number of carbonyl (C=O) groups is 2. The first-order valence-corrected chi connectivity index (χ1v) is 19.0. The van der Waals surface area contributed by atoms with Crippen LogP contribution in [0.3, 0.4) is 0 Å². The second kappa shape index (κ2) is 13.6. The zero-order valence-electron chi connectivity index (χ0n) is 29.2. The van der Waals surface area contributed by atoms with Crippen molar-refractivity contribution in [2.24, 2.45) is 0 Å². The van der Waals surface area contributed by atoms with Crippen LogP contribution >= 0.6 is 0 Å². The first-order valence-electron chi connectivity index (χ1n) is 16.9. The highest BCUT2D eigenvalue weighted by molar-refractivity contribution is 7.90. The van der Waals surface area contributed by atoms with E-state index in [0.29, 0.717) is 55.9 Å². The van der Waals surface area contributed by atoms with Crippen LogP contribution in [0.15, 0.2) is 67.3 Å². The molecule has 0 unspecified atom stereocenters. The molecule has 272 valence electrons. The molecule has 2 atom stereocenters. The summed E-state index contributed by atoms with van der Waals surface area (Å²) < 4.78 is 73.3. The van der Waals surface area contributed by atoms with E-state index in [1.807, 2.05) is 32.0 Å². The Kier molecular flexibility index (Phi) is 9.64. The fourth-order valence-corrected chi connectivity index (χ4v) is 8.86. The highest BCUT2D eigenvalue weighted by Crippen LogP contribution is 2.52. The van der Waals surface area contributed by atoms with Gasteiger partial charge in [0.05, 0.1) is 30.1 Å². The molecule has 0 aromatic heterocycles. The molecule has 6 rings (SSSR count). The fourth-order valence-electron chi connectivity index (χ4n) is 7.82. The third-order valence-electron chi connectivity index (χ3n) is 10.4. The van der Waals surface area contributed by atoms with Gasteiger partial charge in [0.2, 0.25) is 0 Å². The lowest BCUT2D eigenvalue weighted by molar-refractivity contribution is -0.115. The Morgan fingerprint density at radius 2 is 1.78 bits per heavy atom. The molecule has 9 nitrogen and oxygen atoms in total. The Bertz CT molecular complexity index is 1980. The first-order chi connectivity index (χ1) is 24.0. The number of piperidine rings is 1. The Hall–Kier alpha value is -4.52. The minimum Gasteiger partial charge on any atom is -0.484 e. The maximum atomic E-state index is 14.8. The number of ether oxygens (including phenoxy) is 1. The summed E-state index contributed by atoms with van der Waals surface area (Å²) in [4.78, 5) is 31.6. The Balaban J connectivity index is 1.19. The largest absolute Gasteiger partial charge is 0.484 e. The second-order valence-electron chi connectivity index (χ2n) is 14.7. The molecule has 0 radical (unpaired) electrons. The van der Waals surface area contributed by atoms with Crippen molar-refractivity contribution in [2.75, 3.05) is 48.5 Å². The van der Waals surface area contributed by atoms with Crippen molar-refractivity contribution >= 4 is 33.2 Å². The summed E-state index contributed by atoms with van der Waals surface area (Å²) in [6, 6.07) is 11.9. The van der Waals surface area contributed by atoms with Crippen LogP contribution < -0.4 is 19.9 Å². The molecule has 0 saturated carbocycles. The molecule has 1 aliphatic carbocycles. The monoisotopic (exact) mass is 724 g/mol. The van der Waals surface area contributed by atoms with Crippen LogP contribution in [0.2, 0.25) is 0 Å². The lowest BCUT2D eigenvalue weighted by atomic mass is 9.73. The number of amides is 3. The van der Waals surface area contributed by atoms with Crippen molar-refractivity contribution < 1.29 is 35.9 Å². The van der Waals surface area contributed by atoms with Gasteiger partial charge >= 0.3 is 6.03 Å². The number of likely N-dealkylation sites (N-methyl/N-ethyl adjacent to an activating group) is 1. The minimum atomic E-state index is -3.56. The lowest BCUT2D eigenvalue weighted by Gasteiger charge is -2.43. The Morgan fingerprint density at radius 3 is 2.45 bits per heavy atom. The number of hydrogen-bond acceptors (Lipinski definition) is 6. The van der Waals surface area contributed by atoms with Crippen molar-refractivity contribution in [1.82, 2.24) is 10.2 Å². The van der Waals surface area contributed by atoms with E-state index in [1.165, 1.54) is 30.2 Å². The van der Waals surface area contributed by atoms with Crippen molar-refractivity contribution in [3.05, 3.63) is 101 Å². The topological polar surface area (TPSA) is 99.3 Å². The number of anilines is 2. The van der Waals surface area contributed by atoms with Crippen LogP contribution in [0.25, 0.3) is 0 Å². The maximum Gasteiger partial charge on any atom is 0.317 e. The van der Waals surface area contributed by atoms with E-state index in [0.717, 1.165) is 35.2 Å². The maximum absolute atomic E-state index is 14.8. The van der Waals surface area contributed by atoms with Crippen molar-refractivity contribution in [1.29, 1.82) is 0 Å². The van der Waals surface area contributed by atoms with Crippen LogP contribution in [0.4, 0.5) is 29.3 Å². The van der Waals surface area contributed by atoms with Crippen LogP contribution in [0.5, 0.6) is 5.75 Å². The predicted molar refractivity (Wildman–Crippen MR) is 190 cm³/mol. The molecule has 1 N–H and O–H groups in total. The number of sulfone groups is 1.